The predicted molar refractivity (Wildman–Crippen MR) is 87.0 cm³/mol. The van der Waals surface area contributed by atoms with Gasteiger partial charge in [-0.2, -0.15) is 0 Å². The zero-order valence-corrected chi connectivity index (χ0v) is 13.7. The summed E-state index contributed by atoms with van der Waals surface area (Å²) in [6.45, 7) is 3.62. The van der Waals surface area contributed by atoms with Crippen molar-refractivity contribution in [1.82, 2.24) is 10.4 Å². The summed E-state index contributed by atoms with van der Waals surface area (Å²) >= 11 is 1.05. The van der Waals surface area contributed by atoms with Crippen molar-refractivity contribution in [3.05, 3.63) is 50.5 Å². The number of esters is 1. The molecule has 0 aliphatic rings. The van der Waals surface area contributed by atoms with Crippen LogP contribution >= 0.6 is 11.3 Å². The Labute approximate surface area is 140 Å². The van der Waals surface area contributed by atoms with Gasteiger partial charge in [-0.3, -0.25) is 25.8 Å². The van der Waals surface area contributed by atoms with Crippen molar-refractivity contribution in [2.24, 2.45) is 0 Å². The van der Waals surface area contributed by atoms with Crippen LogP contribution in [0.15, 0.2) is 24.3 Å². The van der Waals surface area contributed by atoms with E-state index in [4.69, 9.17) is 4.74 Å². The summed E-state index contributed by atoms with van der Waals surface area (Å²) < 4.78 is 4.91. The molecule has 1 amide bonds. The Balaban J connectivity index is 2.00. The van der Waals surface area contributed by atoms with E-state index < -0.39 is 16.8 Å². The predicted octanol–water partition coefficient (Wildman–Crippen LogP) is 2.29. The van der Waals surface area contributed by atoms with E-state index in [0.717, 1.165) is 11.3 Å². The molecular formula is C14H14N4O5S. The first-order valence-electron chi connectivity index (χ1n) is 6.87. The highest BCUT2D eigenvalue weighted by Gasteiger charge is 2.17. The monoisotopic (exact) mass is 350 g/mol. The molecule has 0 unspecified atom stereocenters. The summed E-state index contributed by atoms with van der Waals surface area (Å²) in [6, 6.07) is 5.15. The van der Waals surface area contributed by atoms with E-state index in [2.05, 4.69) is 15.8 Å². The second-order valence-electron chi connectivity index (χ2n) is 4.54. The van der Waals surface area contributed by atoms with Crippen LogP contribution in [0.5, 0.6) is 0 Å². The van der Waals surface area contributed by atoms with E-state index in [1.54, 1.807) is 13.8 Å². The maximum Gasteiger partial charge on any atom is 0.350 e. The zero-order chi connectivity index (χ0) is 17.7. The van der Waals surface area contributed by atoms with E-state index in [0.29, 0.717) is 15.7 Å². The highest BCUT2D eigenvalue weighted by molar-refractivity contribution is 7.17. The Bertz CT molecular complexity index is 772. The van der Waals surface area contributed by atoms with Crippen molar-refractivity contribution in [3.63, 3.8) is 0 Å². The first-order chi connectivity index (χ1) is 11.4. The molecule has 1 aromatic carbocycles. The number of benzene rings is 1. The third kappa shape index (κ3) is 4.04. The van der Waals surface area contributed by atoms with Gasteiger partial charge in [0.05, 0.1) is 17.2 Å². The third-order valence-corrected chi connectivity index (χ3v) is 3.93. The molecule has 1 heterocycles. The molecule has 24 heavy (non-hydrogen) atoms. The smallest absolute Gasteiger partial charge is 0.350 e. The van der Waals surface area contributed by atoms with Gasteiger partial charge < -0.3 is 4.74 Å². The zero-order valence-electron chi connectivity index (χ0n) is 12.9. The average Bonchev–Trinajstić information content (AvgIpc) is 2.94. The van der Waals surface area contributed by atoms with E-state index in [9.17, 15) is 19.7 Å². The number of nitrogens with zero attached hydrogens (tertiary/aromatic N) is 2. The number of aromatic nitrogens is 1. The standard InChI is InChI=1S/C14H14N4O5S/c1-3-23-13(20)11-8(2)15-14(24-11)17-16-12(19)9-4-6-10(7-5-9)18(21)22/h4-7H,3H2,1-2H3,(H,15,17)(H,16,19). The largest absolute Gasteiger partial charge is 0.462 e. The van der Waals surface area contributed by atoms with Crippen LogP contribution in [0, 0.1) is 17.0 Å². The fourth-order valence-electron chi connectivity index (χ4n) is 1.75. The van der Waals surface area contributed by atoms with Crippen LogP contribution in [0.1, 0.15) is 32.6 Å². The van der Waals surface area contributed by atoms with Gasteiger partial charge in [-0.15, -0.1) is 0 Å². The maximum atomic E-state index is 12.0. The molecule has 1 aromatic heterocycles. The van der Waals surface area contributed by atoms with Crippen molar-refractivity contribution in [2.75, 3.05) is 12.0 Å². The molecule has 2 N–H and O–H groups in total. The lowest BCUT2D eigenvalue weighted by Crippen LogP contribution is -2.29. The first-order valence-corrected chi connectivity index (χ1v) is 7.69. The molecular weight excluding hydrogens is 336 g/mol. The van der Waals surface area contributed by atoms with Crippen LogP contribution < -0.4 is 10.9 Å². The minimum absolute atomic E-state index is 0.103. The van der Waals surface area contributed by atoms with E-state index in [1.165, 1.54) is 24.3 Å². The van der Waals surface area contributed by atoms with Gasteiger partial charge in [0.2, 0.25) is 5.13 Å². The summed E-state index contributed by atoms with van der Waals surface area (Å²) in [5, 5.41) is 10.9. The van der Waals surface area contributed by atoms with Crippen molar-refractivity contribution in [1.29, 1.82) is 0 Å². The number of hydrogen-bond donors (Lipinski definition) is 2. The first kappa shape index (κ1) is 17.3. The highest BCUT2D eigenvalue weighted by Crippen LogP contribution is 2.22. The number of amides is 1. The Morgan fingerprint density at radius 3 is 2.58 bits per heavy atom. The van der Waals surface area contributed by atoms with E-state index >= 15 is 0 Å². The summed E-state index contributed by atoms with van der Waals surface area (Å²) in [6.07, 6.45) is 0. The van der Waals surface area contributed by atoms with Gasteiger partial charge in [0.1, 0.15) is 4.88 Å². The van der Waals surface area contributed by atoms with Crippen LogP contribution in [0.4, 0.5) is 10.8 Å². The maximum absolute atomic E-state index is 12.0. The summed E-state index contributed by atoms with van der Waals surface area (Å²) in [4.78, 5) is 38.2. The molecule has 9 nitrogen and oxygen atoms in total. The second-order valence-corrected chi connectivity index (χ2v) is 5.54. The number of hydrazine groups is 1. The number of nitro groups is 1. The minimum atomic E-state index is -0.546. The van der Waals surface area contributed by atoms with Gasteiger partial charge in [-0.05, 0) is 26.0 Å². The number of anilines is 1. The summed E-state index contributed by atoms with van der Waals surface area (Å²) in [7, 11) is 0. The Morgan fingerprint density at radius 2 is 2.00 bits per heavy atom. The molecule has 0 bridgehead atoms. The molecule has 0 saturated heterocycles. The van der Waals surface area contributed by atoms with Crippen LogP contribution in [0.3, 0.4) is 0 Å². The minimum Gasteiger partial charge on any atom is -0.462 e. The van der Waals surface area contributed by atoms with Gasteiger partial charge >= 0.3 is 5.97 Å². The number of thiazole rings is 1. The normalized spacial score (nSPS) is 10.1. The Morgan fingerprint density at radius 1 is 1.33 bits per heavy atom. The van der Waals surface area contributed by atoms with Crippen LogP contribution in [-0.4, -0.2) is 28.4 Å². The van der Waals surface area contributed by atoms with Crippen molar-refractivity contribution < 1.29 is 19.2 Å². The van der Waals surface area contributed by atoms with Crippen molar-refractivity contribution >= 4 is 34.0 Å². The number of non-ortho nitro benzene ring substituents is 1. The van der Waals surface area contributed by atoms with E-state index in [-0.39, 0.29) is 17.9 Å². The van der Waals surface area contributed by atoms with Gasteiger partial charge in [0, 0.05) is 17.7 Å². The van der Waals surface area contributed by atoms with Gasteiger partial charge in [-0.1, -0.05) is 11.3 Å². The highest BCUT2D eigenvalue weighted by atomic mass is 32.1. The summed E-state index contributed by atoms with van der Waals surface area (Å²) in [5.74, 6) is -0.960. The summed E-state index contributed by atoms with van der Waals surface area (Å²) in [5.41, 5.74) is 5.65. The number of nitrogens with one attached hydrogen (secondary N) is 2. The lowest BCUT2D eigenvalue weighted by Gasteiger charge is -2.05. The fourth-order valence-corrected chi connectivity index (χ4v) is 2.57. The molecule has 126 valence electrons. The number of aryl methyl sites for hydroxylation is 1. The number of hydrogen-bond acceptors (Lipinski definition) is 8. The topological polar surface area (TPSA) is 123 Å². The Hall–Kier alpha value is -3.01. The molecule has 0 radical (unpaired) electrons. The second kappa shape index (κ2) is 7.51. The molecule has 0 saturated carbocycles. The van der Waals surface area contributed by atoms with Crippen LogP contribution in [0.2, 0.25) is 0 Å². The van der Waals surface area contributed by atoms with Crippen LogP contribution in [0.25, 0.3) is 0 Å². The lowest BCUT2D eigenvalue weighted by molar-refractivity contribution is -0.384. The molecule has 2 aromatic rings. The number of rotatable bonds is 6. The van der Waals surface area contributed by atoms with Crippen molar-refractivity contribution in [3.8, 4) is 0 Å². The van der Waals surface area contributed by atoms with Gasteiger partial charge in [0.15, 0.2) is 0 Å². The Kier molecular flexibility index (Phi) is 5.42. The lowest BCUT2D eigenvalue weighted by atomic mass is 10.2. The van der Waals surface area contributed by atoms with E-state index in [1.807, 2.05) is 0 Å². The number of carbonyl (C=O) groups is 2. The molecule has 0 fully saturated rings. The van der Waals surface area contributed by atoms with Crippen molar-refractivity contribution in [2.45, 2.75) is 13.8 Å². The third-order valence-electron chi connectivity index (χ3n) is 2.88. The average molecular weight is 350 g/mol. The van der Waals surface area contributed by atoms with Gasteiger partial charge in [-0.25, -0.2) is 9.78 Å². The molecule has 2 rings (SSSR count). The fraction of sp³-hybridized carbons (Fsp3) is 0.214. The number of ether oxygens (including phenoxy) is 1. The quantitative estimate of drug-likeness (QED) is 0.465. The number of carbonyl (C=O) groups excluding carboxylic acids is 2. The molecule has 0 atom stereocenters. The SMILES string of the molecule is CCOC(=O)c1sc(NNC(=O)c2ccc([N+](=O)[O-])cc2)nc1C. The molecule has 0 spiro atoms. The molecule has 0 aliphatic carbocycles. The number of nitro benzene ring substituents is 1. The van der Waals surface area contributed by atoms with Crippen LogP contribution in [-0.2, 0) is 4.74 Å². The molecule has 10 heteroatoms. The van der Waals surface area contributed by atoms with Gasteiger partial charge in [0.25, 0.3) is 11.6 Å². The molecule has 0 aliphatic heterocycles.